The molecule has 144 valence electrons. The first-order valence-corrected chi connectivity index (χ1v) is 9.23. The molecule has 27 heavy (non-hydrogen) atoms. The molecule has 0 aliphatic rings. The number of rotatable bonds is 7. The SMILES string of the molecule is CCN(CC)Cc1ccc(C(=O)NNC(=O)/C=C/c2c(Cl)cccc2Cl)o1. The van der Waals surface area contributed by atoms with Crippen molar-refractivity contribution in [2.45, 2.75) is 20.4 Å². The summed E-state index contributed by atoms with van der Waals surface area (Å²) in [5.74, 6) is -0.272. The molecule has 0 aliphatic heterocycles. The highest BCUT2D eigenvalue weighted by atomic mass is 35.5. The molecule has 1 heterocycles. The number of amides is 2. The third kappa shape index (κ3) is 6.13. The molecular formula is C19H21Cl2N3O3. The molecular weight excluding hydrogens is 389 g/mol. The number of hydrogen-bond donors (Lipinski definition) is 2. The van der Waals surface area contributed by atoms with Crippen molar-refractivity contribution in [2.75, 3.05) is 13.1 Å². The van der Waals surface area contributed by atoms with E-state index in [1.807, 2.05) is 0 Å². The van der Waals surface area contributed by atoms with Crippen molar-refractivity contribution >= 4 is 41.1 Å². The largest absolute Gasteiger partial charge is 0.454 e. The van der Waals surface area contributed by atoms with E-state index in [4.69, 9.17) is 27.6 Å². The second kappa shape index (κ2) is 10.2. The quantitative estimate of drug-likeness (QED) is 0.536. The van der Waals surface area contributed by atoms with Crippen LogP contribution in [0, 0.1) is 0 Å². The highest BCUT2D eigenvalue weighted by Gasteiger charge is 2.13. The molecule has 8 heteroatoms. The van der Waals surface area contributed by atoms with Crippen molar-refractivity contribution in [3.8, 4) is 0 Å². The van der Waals surface area contributed by atoms with Crippen LogP contribution in [-0.4, -0.2) is 29.8 Å². The summed E-state index contributed by atoms with van der Waals surface area (Å²) in [4.78, 5) is 26.1. The second-order valence-corrected chi connectivity index (χ2v) is 6.45. The normalized spacial score (nSPS) is 11.1. The van der Waals surface area contributed by atoms with E-state index in [0.717, 1.165) is 13.1 Å². The smallest absolute Gasteiger partial charge is 0.305 e. The highest BCUT2D eigenvalue weighted by molar-refractivity contribution is 6.37. The Morgan fingerprint density at radius 2 is 1.74 bits per heavy atom. The van der Waals surface area contributed by atoms with Crippen LogP contribution in [0.2, 0.25) is 10.0 Å². The van der Waals surface area contributed by atoms with Crippen molar-refractivity contribution in [2.24, 2.45) is 0 Å². The predicted octanol–water partition coefficient (Wildman–Crippen LogP) is 3.90. The lowest BCUT2D eigenvalue weighted by molar-refractivity contribution is -0.117. The third-order valence-electron chi connectivity index (χ3n) is 3.86. The molecule has 0 aliphatic carbocycles. The lowest BCUT2D eigenvalue weighted by atomic mass is 10.2. The molecule has 0 fully saturated rings. The Labute approximate surface area is 168 Å². The van der Waals surface area contributed by atoms with E-state index in [1.54, 1.807) is 30.3 Å². The van der Waals surface area contributed by atoms with E-state index in [0.29, 0.717) is 27.9 Å². The van der Waals surface area contributed by atoms with Crippen molar-refractivity contribution in [3.05, 3.63) is 63.5 Å². The van der Waals surface area contributed by atoms with Gasteiger partial charge in [0, 0.05) is 21.7 Å². The molecule has 0 unspecified atom stereocenters. The zero-order valence-corrected chi connectivity index (χ0v) is 16.6. The summed E-state index contributed by atoms with van der Waals surface area (Å²) in [6, 6.07) is 8.35. The molecule has 0 saturated carbocycles. The maximum absolute atomic E-state index is 12.1. The average Bonchev–Trinajstić information content (AvgIpc) is 3.12. The third-order valence-corrected chi connectivity index (χ3v) is 4.52. The van der Waals surface area contributed by atoms with Gasteiger partial charge in [0.05, 0.1) is 6.54 Å². The first kappa shape index (κ1) is 21.0. The van der Waals surface area contributed by atoms with E-state index in [-0.39, 0.29) is 5.76 Å². The minimum Gasteiger partial charge on any atom is -0.454 e. The molecule has 2 amide bonds. The van der Waals surface area contributed by atoms with Gasteiger partial charge in [-0.3, -0.25) is 25.3 Å². The second-order valence-electron chi connectivity index (χ2n) is 5.64. The van der Waals surface area contributed by atoms with Gasteiger partial charge in [0.2, 0.25) is 0 Å². The number of nitrogens with zero attached hydrogens (tertiary/aromatic N) is 1. The minimum atomic E-state index is -0.543. The van der Waals surface area contributed by atoms with Gasteiger partial charge in [-0.25, -0.2) is 0 Å². The topological polar surface area (TPSA) is 74.6 Å². The molecule has 1 aromatic carbocycles. The molecule has 6 nitrogen and oxygen atoms in total. The van der Waals surface area contributed by atoms with Crippen molar-refractivity contribution < 1.29 is 14.0 Å². The van der Waals surface area contributed by atoms with Crippen LogP contribution < -0.4 is 10.9 Å². The number of carbonyl (C=O) groups excluding carboxylic acids is 2. The Morgan fingerprint density at radius 1 is 1.07 bits per heavy atom. The number of benzene rings is 1. The first-order chi connectivity index (χ1) is 12.9. The minimum absolute atomic E-state index is 0.121. The fraction of sp³-hybridized carbons (Fsp3) is 0.263. The summed E-state index contributed by atoms with van der Waals surface area (Å²) in [6.07, 6.45) is 2.70. The monoisotopic (exact) mass is 409 g/mol. The van der Waals surface area contributed by atoms with Crippen LogP contribution in [0.3, 0.4) is 0 Å². The standard InChI is InChI=1S/C19H21Cl2N3O3/c1-3-24(4-2)12-13-8-10-17(27-13)19(26)23-22-18(25)11-9-14-15(20)6-5-7-16(14)21/h5-11H,3-4,12H2,1-2H3,(H,22,25)(H,23,26)/b11-9+. The van der Waals surface area contributed by atoms with Crippen molar-refractivity contribution in [1.29, 1.82) is 0 Å². The fourth-order valence-electron chi connectivity index (χ4n) is 2.30. The molecule has 0 radical (unpaired) electrons. The van der Waals surface area contributed by atoms with Gasteiger partial charge in [-0.2, -0.15) is 0 Å². The van der Waals surface area contributed by atoms with E-state index in [1.165, 1.54) is 12.2 Å². The predicted molar refractivity (Wildman–Crippen MR) is 106 cm³/mol. The Bertz CT molecular complexity index is 809. The highest BCUT2D eigenvalue weighted by Crippen LogP contribution is 2.25. The Kier molecular flexibility index (Phi) is 7.91. The number of halogens is 2. The van der Waals surface area contributed by atoms with Crippen LogP contribution in [-0.2, 0) is 11.3 Å². The number of carbonyl (C=O) groups is 2. The maximum Gasteiger partial charge on any atom is 0.305 e. The van der Waals surface area contributed by atoms with Crippen LogP contribution in [0.25, 0.3) is 6.08 Å². The van der Waals surface area contributed by atoms with E-state index < -0.39 is 11.8 Å². The van der Waals surface area contributed by atoms with Crippen LogP contribution in [0.15, 0.2) is 40.8 Å². The van der Waals surface area contributed by atoms with Crippen molar-refractivity contribution in [1.82, 2.24) is 15.8 Å². The number of furan rings is 1. The summed E-state index contributed by atoms with van der Waals surface area (Å²) >= 11 is 12.1. The molecule has 2 rings (SSSR count). The van der Waals surface area contributed by atoms with Gasteiger partial charge in [-0.05, 0) is 43.4 Å². The van der Waals surface area contributed by atoms with Gasteiger partial charge in [-0.15, -0.1) is 0 Å². The molecule has 1 aromatic heterocycles. The summed E-state index contributed by atoms with van der Waals surface area (Å²) in [6.45, 7) is 6.50. The summed E-state index contributed by atoms with van der Waals surface area (Å²) in [5.41, 5.74) is 5.10. The van der Waals surface area contributed by atoms with Gasteiger partial charge in [-0.1, -0.05) is 43.1 Å². The summed E-state index contributed by atoms with van der Waals surface area (Å²) in [7, 11) is 0. The van der Waals surface area contributed by atoms with Gasteiger partial charge >= 0.3 is 5.91 Å². The van der Waals surface area contributed by atoms with Crippen LogP contribution in [0.4, 0.5) is 0 Å². The van der Waals surface area contributed by atoms with Crippen LogP contribution in [0.5, 0.6) is 0 Å². The van der Waals surface area contributed by atoms with Crippen LogP contribution in [0.1, 0.15) is 35.7 Å². The molecule has 0 spiro atoms. The van der Waals surface area contributed by atoms with Gasteiger partial charge < -0.3 is 4.42 Å². The van der Waals surface area contributed by atoms with E-state index in [2.05, 4.69) is 29.6 Å². The Morgan fingerprint density at radius 3 is 2.37 bits per heavy atom. The van der Waals surface area contributed by atoms with E-state index >= 15 is 0 Å². The van der Waals surface area contributed by atoms with E-state index in [9.17, 15) is 9.59 Å². The summed E-state index contributed by atoms with van der Waals surface area (Å²) in [5, 5.41) is 0.846. The van der Waals surface area contributed by atoms with Gasteiger partial charge in [0.25, 0.3) is 5.91 Å². The van der Waals surface area contributed by atoms with Gasteiger partial charge in [0.1, 0.15) is 5.76 Å². The zero-order valence-electron chi connectivity index (χ0n) is 15.1. The first-order valence-electron chi connectivity index (χ1n) is 8.48. The molecule has 0 saturated heterocycles. The maximum atomic E-state index is 12.1. The van der Waals surface area contributed by atoms with Crippen molar-refractivity contribution in [3.63, 3.8) is 0 Å². The number of hydrazine groups is 1. The molecule has 2 aromatic rings. The summed E-state index contributed by atoms with van der Waals surface area (Å²) < 4.78 is 5.51. The average molecular weight is 410 g/mol. The lowest BCUT2D eigenvalue weighted by Crippen LogP contribution is -2.40. The van der Waals surface area contributed by atoms with Crippen LogP contribution >= 0.6 is 23.2 Å². The fourth-order valence-corrected chi connectivity index (χ4v) is 2.83. The molecule has 0 atom stereocenters. The Hall–Kier alpha value is -2.28. The number of nitrogens with one attached hydrogen (secondary N) is 2. The molecule has 0 bridgehead atoms. The zero-order chi connectivity index (χ0) is 19.8. The van der Waals surface area contributed by atoms with Gasteiger partial charge in [0.15, 0.2) is 5.76 Å². The number of hydrogen-bond acceptors (Lipinski definition) is 4. The molecule has 2 N–H and O–H groups in total. The Balaban J connectivity index is 1.89. The lowest BCUT2D eigenvalue weighted by Gasteiger charge is -2.15.